The van der Waals surface area contributed by atoms with Crippen LogP contribution in [-0.4, -0.2) is 30.9 Å². The summed E-state index contributed by atoms with van der Waals surface area (Å²) in [6.07, 6.45) is 1.47. The summed E-state index contributed by atoms with van der Waals surface area (Å²) in [6.45, 7) is 4.78. The summed E-state index contributed by atoms with van der Waals surface area (Å²) >= 11 is 0. The zero-order valence-electron chi connectivity index (χ0n) is 14.5. The van der Waals surface area contributed by atoms with Gasteiger partial charge < -0.3 is 14.6 Å². The Morgan fingerprint density at radius 1 is 1.24 bits per heavy atom. The first-order chi connectivity index (χ1) is 12.0. The van der Waals surface area contributed by atoms with E-state index in [1.54, 1.807) is 36.4 Å². The highest BCUT2D eigenvalue weighted by molar-refractivity contribution is 5.95. The third kappa shape index (κ3) is 5.53. The third-order valence-corrected chi connectivity index (χ3v) is 3.28. The van der Waals surface area contributed by atoms with Crippen molar-refractivity contribution in [1.29, 1.82) is 0 Å². The van der Waals surface area contributed by atoms with E-state index in [9.17, 15) is 9.90 Å². The summed E-state index contributed by atoms with van der Waals surface area (Å²) in [5, 5.41) is 13.5. The summed E-state index contributed by atoms with van der Waals surface area (Å²) in [5.41, 5.74) is 3.63. The maximum absolute atomic E-state index is 12.1. The van der Waals surface area contributed by atoms with Crippen LogP contribution in [-0.2, 0) is 0 Å². The van der Waals surface area contributed by atoms with Gasteiger partial charge in [0.15, 0.2) is 11.5 Å². The van der Waals surface area contributed by atoms with Crippen LogP contribution >= 0.6 is 0 Å². The van der Waals surface area contributed by atoms with E-state index in [0.29, 0.717) is 29.4 Å². The number of phenols is 1. The van der Waals surface area contributed by atoms with Crippen molar-refractivity contribution in [2.45, 2.75) is 13.8 Å². The number of phenolic OH excluding ortho intramolecular Hbond substituents is 1. The molecule has 2 rings (SSSR count). The molecule has 0 spiro atoms. The second kappa shape index (κ2) is 8.73. The number of nitrogens with zero attached hydrogens (tertiary/aromatic N) is 1. The lowest BCUT2D eigenvalue weighted by atomic mass is 10.2. The van der Waals surface area contributed by atoms with Crippen molar-refractivity contribution in [3.05, 3.63) is 53.6 Å². The average molecular weight is 342 g/mol. The fourth-order valence-electron chi connectivity index (χ4n) is 1.97. The predicted molar refractivity (Wildman–Crippen MR) is 96.5 cm³/mol. The number of aromatic hydroxyl groups is 1. The zero-order chi connectivity index (χ0) is 18.2. The van der Waals surface area contributed by atoms with Gasteiger partial charge in [-0.1, -0.05) is 13.8 Å². The molecule has 1 amide bonds. The Hall–Kier alpha value is -3.02. The number of carbonyl (C=O) groups excluding carboxylic acids is 1. The number of ether oxygens (including phenoxy) is 2. The van der Waals surface area contributed by atoms with E-state index in [1.807, 2.05) is 0 Å². The van der Waals surface area contributed by atoms with E-state index < -0.39 is 0 Å². The van der Waals surface area contributed by atoms with Crippen LogP contribution in [0.25, 0.3) is 0 Å². The molecule has 0 heterocycles. The Kier molecular flexibility index (Phi) is 6.39. The molecular weight excluding hydrogens is 320 g/mol. The van der Waals surface area contributed by atoms with Gasteiger partial charge in [-0.15, -0.1) is 0 Å². The van der Waals surface area contributed by atoms with Crippen LogP contribution in [0.3, 0.4) is 0 Å². The van der Waals surface area contributed by atoms with Gasteiger partial charge in [-0.3, -0.25) is 4.79 Å². The Bertz CT molecular complexity index is 740. The van der Waals surface area contributed by atoms with Crippen molar-refractivity contribution < 1.29 is 19.4 Å². The minimum absolute atomic E-state index is 0.0449. The number of amides is 1. The highest BCUT2D eigenvalue weighted by Gasteiger charge is 2.05. The van der Waals surface area contributed by atoms with E-state index in [1.165, 1.54) is 19.4 Å². The fourth-order valence-corrected chi connectivity index (χ4v) is 1.97. The van der Waals surface area contributed by atoms with Crippen LogP contribution in [0, 0.1) is 5.92 Å². The van der Waals surface area contributed by atoms with E-state index in [-0.39, 0.29) is 11.7 Å². The number of nitrogens with one attached hydrogen (secondary N) is 1. The molecule has 25 heavy (non-hydrogen) atoms. The lowest BCUT2D eigenvalue weighted by molar-refractivity contribution is 0.0955. The summed E-state index contributed by atoms with van der Waals surface area (Å²) in [7, 11) is 1.46. The fraction of sp³-hybridized carbons (Fsp3) is 0.263. The number of methoxy groups -OCH3 is 1. The SMILES string of the molecule is COc1cc(/C=N/NC(=O)c2ccc(OCC(C)C)cc2)ccc1O. The molecule has 6 heteroatoms. The first-order valence-corrected chi connectivity index (χ1v) is 7.93. The summed E-state index contributed by atoms with van der Waals surface area (Å²) < 4.78 is 10.6. The van der Waals surface area contributed by atoms with Gasteiger partial charge in [0, 0.05) is 5.56 Å². The molecule has 2 aromatic rings. The molecule has 0 atom stereocenters. The number of rotatable bonds is 7. The third-order valence-electron chi connectivity index (χ3n) is 3.28. The van der Waals surface area contributed by atoms with Crippen LogP contribution in [0.5, 0.6) is 17.2 Å². The highest BCUT2D eigenvalue weighted by atomic mass is 16.5. The van der Waals surface area contributed by atoms with E-state index in [0.717, 1.165) is 5.75 Å². The molecule has 0 aromatic heterocycles. The van der Waals surface area contributed by atoms with Gasteiger partial charge >= 0.3 is 0 Å². The van der Waals surface area contributed by atoms with Crippen molar-refractivity contribution in [2.24, 2.45) is 11.0 Å². The molecule has 0 bridgehead atoms. The van der Waals surface area contributed by atoms with Gasteiger partial charge in [0.05, 0.1) is 19.9 Å². The molecule has 0 aliphatic carbocycles. The minimum Gasteiger partial charge on any atom is -0.504 e. The molecule has 2 N–H and O–H groups in total. The van der Waals surface area contributed by atoms with Crippen LogP contribution in [0.1, 0.15) is 29.8 Å². The van der Waals surface area contributed by atoms with Crippen LogP contribution in [0.2, 0.25) is 0 Å². The number of hydrogen-bond donors (Lipinski definition) is 2. The Morgan fingerprint density at radius 3 is 2.60 bits per heavy atom. The number of benzene rings is 2. The van der Waals surface area contributed by atoms with Crippen molar-refractivity contribution in [3.8, 4) is 17.2 Å². The maximum Gasteiger partial charge on any atom is 0.271 e. The molecule has 0 fully saturated rings. The van der Waals surface area contributed by atoms with E-state index in [2.05, 4.69) is 24.4 Å². The molecule has 0 unspecified atom stereocenters. The topological polar surface area (TPSA) is 80.2 Å². The maximum atomic E-state index is 12.1. The van der Waals surface area contributed by atoms with Gasteiger partial charge in [0.25, 0.3) is 5.91 Å². The van der Waals surface area contributed by atoms with Crippen molar-refractivity contribution in [3.63, 3.8) is 0 Å². The monoisotopic (exact) mass is 342 g/mol. The molecular formula is C19H22N2O4. The van der Waals surface area contributed by atoms with Gasteiger partial charge in [-0.05, 0) is 53.9 Å². The highest BCUT2D eigenvalue weighted by Crippen LogP contribution is 2.25. The van der Waals surface area contributed by atoms with E-state index in [4.69, 9.17) is 9.47 Å². The lowest BCUT2D eigenvalue weighted by Gasteiger charge is -2.08. The second-order valence-electron chi connectivity index (χ2n) is 5.86. The normalized spacial score (nSPS) is 10.9. The Balaban J connectivity index is 1.93. The smallest absolute Gasteiger partial charge is 0.271 e. The van der Waals surface area contributed by atoms with Gasteiger partial charge in [0.2, 0.25) is 0 Å². The van der Waals surface area contributed by atoms with Gasteiger partial charge in [-0.25, -0.2) is 5.43 Å². The lowest BCUT2D eigenvalue weighted by Crippen LogP contribution is -2.17. The van der Waals surface area contributed by atoms with Crippen molar-refractivity contribution in [2.75, 3.05) is 13.7 Å². The van der Waals surface area contributed by atoms with E-state index >= 15 is 0 Å². The molecule has 0 aliphatic heterocycles. The standard InChI is InChI=1S/C19H22N2O4/c1-13(2)12-25-16-7-5-15(6-8-16)19(23)21-20-11-14-4-9-17(22)18(10-14)24-3/h4-11,13,22H,12H2,1-3H3,(H,21,23)/b20-11+. The number of hydrazone groups is 1. The van der Waals surface area contributed by atoms with Gasteiger partial charge in [0.1, 0.15) is 5.75 Å². The van der Waals surface area contributed by atoms with Crippen LogP contribution < -0.4 is 14.9 Å². The average Bonchev–Trinajstić information content (AvgIpc) is 2.61. The first-order valence-electron chi connectivity index (χ1n) is 7.93. The first kappa shape index (κ1) is 18.3. The molecule has 2 aromatic carbocycles. The molecule has 0 saturated heterocycles. The zero-order valence-corrected chi connectivity index (χ0v) is 14.5. The Labute approximate surface area is 147 Å². The minimum atomic E-state index is -0.322. The van der Waals surface area contributed by atoms with Gasteiger partial charge in [-0.2, -0.15) is 5.10 Å². The number of carbonyl (C=O) groups is 1. The summed E-state index contributed by atoms with van der Waals surface area (Å²) in [4.78, 5) is 12.1. The number of hydrogen-bond acceptors (Lipinski definition) is 5. The van der Waals surface area contributed by atoms with Crippen LogP contribution in [0.15, 0.2) is 47.6 Å². The Morgan fingerprint density at radius 2 is 1.96 bits per heavy atom. The summed E-state index contributed by atoms with van der Waals surface area (Å²) in [5.74, 6) is 1.23. The summed E-state index contributed by atoms with van der Waals surface area (Å²) in [6, 6.07) is 11.7. The second-order valence-corrected chi connectivity index (χ2v) is 5.86. The largest absolute Gasteiger partial charge is 0.504 e. The van der Waals surface area contributed by atoms with Crippen molar-refractivity contribution in [1.82, 2.24) is 5.43 Å². The molecule has 132 valence electrons. The molecule has 0 saturated carbocycles. The molecule has 0 radical (unpaired) electrons. The van der Waals surface area contributed by atoms with Crippen molar-refractivity contribution >= 4 is 12.1 Å². The quantitative estimate of drug-likeness (QED) is 0.598. The molecule has 6 nitrogen and oxygen atoms in total. The molecule has 0 aliphatic rings. The van der Waals surface area contributed by atoms with Crippen LogP contribution in [0.4, 0.5) is 0 Å². The predicted octanol–water partition coefficient (Wildman–Crippen LogP) is 3.20.